The van der Waals surface area contributed by atoms with E-state index in [2.05, 4.69) is 10.2 Å². The van der Waals surface area contributed by atoms with Crippen LogP contribution in [-0.4, -0.2) is 111 Å². The predicted octanol–water partition coefficient (Wildman–Crippen LogP) is 1.88. The molecule has 226 valence electrons. The summed E-state index contributed by atoms with van der Waals surface area (Å²) >= 11 is 1.15. The molecule has 0 unspecified atom stereocenters. The van der Waals surface area contributed by atoms with Gasteiger partial charge in [-0.1, -0.05) is 13.0 Å². The number of benzene rings is 1. The summed E-state index contributed by atoms with van der Waals surface area (Å²) in [6.07, 6.45) is -0.236. The number of ether oxygens (including phenoxy) is 2. The number of sulfonamides is 1. The molecule has 13 heteroatoms. The number of nitrogens with one attached hydrogen (secondary N) is 1. The van der Waals surface area contributed by atoms with Gasteiger partial charge in [0.15, 0.2) is 0 Å². The van der Waals surface area contributed by atoms with E-state index < -0.39 is 22.2 Å². The first-order valence-electron chi connectivity index (χ1n) is 13.9. The van der Waals surface area contributed by atoms with Gasteiger partial charge in [0.05, 0.1) is 38.8 Å². The van der Waals surface area contributed by atoms with E-state index in [1.165, 1.54) is 11.4 Å². The third-order valence-electron chi connectivity index (χ3n) is 7.56. The molecular formula is C28H40N4O7S2. The number of thiophene rings is 1. The van der Waals surface area contributed by atoms with E-state index in [-0.39, 0.29) is 48.1 Å². The Morgan fingerprint density at radius 1 is 1.27 bits per heavy atom. The number of amides is 2. The Kier molecular flexibility index (Phi) is 10.8. The highest BCUT2D eigenvalue weighted by Gasteiger charge is 2.33. The van der Waals surface area contributed by atoms with Gasteiger partial charge in [-0.15, -0.1) is 11.3 Å². The largest absolute Gasteiger partial charge is 0.488 e. The van der Waals surface area contributed by atoms with Gasteiger partial charge in [0.2, 0.25) is 11.8 Å². The van der Waals surface area contributed by atoms with Crippen LogP contribution in [0.1, 0.15) is 25.8 Å². The van der Waals surface area contributed by atoms with E-state index in [0.29, 0.717) is 43.2 Å². The number of hydrogen-bond acceptors (Lipinski definition) is 9. The number of carbonyl (C=O) groups excluding carboxylic acids is 2. The number of carbonyl (C=O) groups is 2. The second-order valence-corrected chi connectivity index (χ2v) is 13.9. The van der Waals surface area contributed by atoms with Crippen molar-refractivity contribution in [3.63, 3.8) is 0 Å². The van der Waals surface area contributed by atoms with Crippen LogP contribution in [-0.2, 0) is 30.8 Å². The van der Waals surface area contributed by atoms with Crippen molar-refractivity contribution >= 4 is 38.9 Å². The molecule has 2 aromatic rings. The zero-order valence-corrected chi connectivity index (χ0v) is 25.5. The maximum absolute atomic E-state index is 13.4. The third kappa shape index (κ3) is 8.05. The van der Waals surface area contributed by atoms with Crippen molar-refractivity contribution in [2.45, 2.75) is 43.0 Å². The quantitative estimate of drug-likeness (QED) is 0.419. The molecule has 1 saturated heterocycles. The number of aliphatic hydroxyl groups is 1. The fourth-order valence-electron chi connectivity index (χ4n) is 4.95. The van der Waals surface area contributed by atoms with Gasteiger partial charge in [0.25, 0.3) is 10.0 Å². The topological polar surface area (TPSA) is 129 Å². The Hall–Kier alpha value is -2.55. The summed E-state index contributed by atoms with van der Waals surface area (Å²) in [5, 5.41) is 14.5. The molecule has 1 fully saturated rings. The molecule has 41 heavy (non-hydrogen) atoms. The second kappa shape index (κ2) is 14.1. The molecule has 2 aliphatic heterocycles. The number of rotatable bonds is 10. The summed E-state index contributed by atoms with van der Waals surface area (Å²) in [5.41, 5.74) is 1.13. The highest BCUT2D eigenvalue weighted by Crippen LogP contribution is 2.30. The van der Waals surface area contributed by atoms with Crippen LogP contribution in [0.2, 0.25) is 0 Å². The van der Waals surface area contributed by atoms with Gasteiger partial charge in [-0.2, -0.15) is 4.31 Å². The number of nitrogens with zero attached hydrogens (tertiary/aromatic N) is 3. The Balaban J connectivity index is 1.55. The van der Waals surface area contributed by atoms with Crippen LogP contribution in [0.3, 0.4) is 0 Å². The van der Waals surface area contributed by atoms with Crippen molar-refractivity contribution in [3.8, 4) is 5.75 Å². The Labute approximate surface area is 246 Å². The first-order chi connectivity index (χ1) is 19.6. The van der Waals surface area contributed by atoms with Crippen LogP contribution in [0.25, 0.3) is 0 Å². The number of hydrogen-bond donors (Lipinski definition) is 2. The summed E-state index contributed by atoms with van der Waals surface area (Å²) in [7, 11) is -2.19. The summed E-state index contributed by atoms with van der Waals surface area (Å²) in [6.45, 7) is 7.42. The maximum Gasteiger partial charge on any atom is 0.252 e. The minimum Gasteiger partial charge on any atom is -0.488 e. The van der Waals surface area contributed by atoms with E-state index in [9.17, 15) is 23.1 Å². The number of anilines is 1. The van der Waals surface area contributed by atoms with E-state index in [1.54, 1.807) is 47.5 Å². The molecule has 0 saturated carbocycles. The first-order valence-corrected chi connectivity index (χ1v) is 16.2. The molecule has 0 bridgehead atoms. The average molecular weight is 609 g/mol. The van der Waals surface area contributed by atoms with Crippen LogP contribution in [0.5, 0.6) is 5.75 Å². The molecule has 3 atom stereocenters. The predicted molar refractivity (Wildman–Crippen MR) is 157 cm³/mol. The average Bonchev–Trinajstić information content (AvgIpc) is 3.52. The Bertz CT molecular complexity index is 1280. The monoisotopic (exact) mass is 608 g/mol. The van der Waals surface area contributed by atoms with Crippen molar-refractivity contribution in [1.29, 1.82) is 0 Å². The molecular weight excluding hydrogens is 568 g/mol. The number of aliphatic hydroxyl groups excluding tert-OH is 1. The zero-order chi connectivity index (χ0) is 29.6. The highest BCUT2D eigenvalue weighted by atomic mass is 32.2. The van der Waals surface area contributed by atoms with Gasteiger partial charge in [-0.25, -0.2) is 8.42 Å². The van der Waals surface area contributed by atoms with Gasteiger partial charge in [-0.05, 0) is 36.6 Å². The molecule has 2 N–H and O–H groups in total. The lowest BCUT2D eigenvalue weighted by Gasteiger charge is -2.33. The SMILES string of the molecule is C[C@H]1CN([C@@H](C)CO)C(=O)Cc2cc(NC(=O)CCN3CCOCC3)ccc2O[C@@H]1CN(C)S(=O)(=O)c1cccs1. The lowest BCUT2D eigenvalue weighted by Crippen LogP contribution is -2.48. The van der Waals surface area contributed by atoms with Gasteiger partial charge >= 0.3 is 0 Å². The van der Waals surface area contributed by atoms with Gasteiger partial charge in [0.1, 0.15) is 16.1 Å². The van der Waals surface area contributed by atoms with E-state index in [1.807, 2.05) is 6.92 Å². The molecule has 2 amide bonds. The molecule has 0 radical (unpaired) electrons. The number of morpholine rings is 1. The smallest absolute Gasteiger partial charge is 0.252 e. The fraction of sp³-hybridized carbons (Fsp3) is 0.571. The van der Waals surface area contributed by atoms with Gasteiger partial charge in [-0.3, -0.25) is 14.5 Å². The lowest BCUT2D eigenvalue weighted by molar-refractivity contribution is -0.134. The fourth-order valence-corrected chi connectivity index (χ4v) is 7.33. The van der Waals surface area contributed by atoms with Crippen LogP contribution in [0, 0.1) is 5.92 Å². The summed E-state index contributed by atoms with van der Waals surface area (Å²) in [4.78, 5) is 29.9. The van der Waals surface area contributed by atoms with Crippen molar-refractivity contribution in [1.82, 2.24) is 14.1 Å². The van der Waals surface area contributed by atoms with Crippen LogP contribution in [0.15, 0.2) is 39.9 Å². The standard InChI is InChI=1S/C28H40N4O7S2/c1-20-17-32(21(2)19-33)27(35)16-22-15-23(29-26(34)8-9-31-10-12-38-13-11-31)6-7-24(22)39-25(20)18-30(3)41(36,37)28-5-4-14-40-28/h4-7,14-15,20-21,25,33H,8-13,16-19H2,1-3H3,(H,29,34)/t20-,21-,25+/m0/s1. The van der Waals surface area contributed by atoms with Crippen LogP contribution >= 0.6 is 11.3 Å². The summed E-state index contributed by atoms with van der Waals surface area (Å²) < 4.78 is 39.6. The molecule has 0 aliphatic carbocycles. The van der Waals surface area contributed by atoms with Crippen molar-refractivity contribution in [3.05, 3.63) is 41.3 Å². The molecule has 0 spiro atoms. The van der Waals surface area contributed by atoms with Crippen molar-refractivity contribution in [2.75, 3.05) is 64.9 Å². The van der Waals surface area contributed by atoms with E-state index in [4.69, 9.17) is 9.47 Å². The summed E-state index contributed by atoms with van der Waals surface area (Å²) in [6, 6.07) is 8.02. The molecule has 3 heterocycles. The molecule has 2 aliphatic rings. The molecule has 1 aromatic carbocycles. The van der Waals surface area contributed by atoms with Crippen molar-refractivity contribution in [2.24, 2.45) is 5.92 Å². The second-order valence-electron chi connectivity index (χ2n) is 10.7. The minimum absolute atomic E-state index is 0.0138. The zero-order valence-electron chi connectivity index (χ0n) is 23.8. The number of likely N-dealkylation sites (N-methyl/N-ethyl adjacent to an activating group) is 1. The van der Waals surface area contributed by atoms with E-state index in [0.717, 1.165) is 24.4 Å². The first kappa shape index (κ1) is 31.4. The molecule has 4 rings (SSSR count). The lowest BCUT2D eigenvalue weighted by atomic mass is 10.0. The third-order valence-corrected chi connectivity index (χ3v) is 10.8. The van der Waals surface area contributed by atoms with Gasteiger partial charge < -0.3 is 24.8 Å². The Morgan fingerprint density at radius 3 is 2.71 bits per heavy atom. The summed E-state index contributed by atoms with van der Waals surface area (Å²) in [5.74, 6) is -0.102. The Morgan fingerprint density at radius 2 is 2.02 bits per heavy atom. The van der Waals surface area contributed by atoms with Crippen LogP contribution in [0.4, 0.5) is 5.69 Å². The normalized spacial score (nSPS) is 21.4. The molecule has 11 nitrogen and oxygen atoms in total. The van der Waals surface area contributed by atoms with Gasteiger partial charge in [0, 0.05) is 56.8 Å². The maximum atomic E-state index is 13.4. The minimum atomic E-state index is -3.71. The van der Waals surface area contributed by atoms with Crippen LogP contribution < -0.4 is 10.1 Å². The van der Waals surface area contributed by atoms with E-state index >= 15 is 0 Å². The molecule has 1 aromatic heterocycles. The van der Waals surface area contributed by atoms with Crippen molar-refractivity contribution < 1.29 is 32.6 Å². The number of fused-ring (bicyclic) bond motifs is 1. The highest BCUT2D eigenvalue weighted by molar-refractivity contribution is 7.91.